The first kappa shape index (κ1) is 13.8. The summed E-state index contributed by atoms with van der Waals surface area (Å²) in [6.45, 7) is 0.247. The van der Waals surface area contributed by atoms with Crippen LogP contribution in [0.2, 0.25) is 0 Å². The van der Waals surface area contributed by atoms with Crippen LogP contribution in [-0.2, 0) is 0 Å². The van der Waals surface area contributed by atoms with E-state index in [1.807, 2.05) is 0 Å². The van der Waals surface area contributed by atoms with E-state index >= 15 is 0 Å². The Balaban J connectivity index is 1.94. The first-order valence-corrected chi connectivity index (χ1v) is 6.65. The Morgan fingerprint density at radius 1 is 1.47 bits per heavy atom. The molecule has 0 atom stereocenters. The van der Waals surface area contributed by atoms with Gasteiger partial charge in [0.2, 0.25) is 5.88 Å². The van der Waals surface area contributed by atoms with E-state index in [-0.39, 0.29) is 18.6 Å². The molecule has 0 saturated heterocycles. The van der Waals surface area contributed by atoms with E-state index < -0.39 is 0 Å². The molecule has 1 saturated carbocycles. The number of hydrogen-bond donors (Lipinski definition) is 2. The smallest absolute Gasteiger partial charge is 0.256 e. The highest BCUT2D eigenvalue weighted by Gasteiger charge is 2.23. The number of carbonyl (C=O) groups excluding carboxylic acids is 1. The molecule has 1 aromatic heterocycles. The first-order valence-electron chi connectivity index (χ1n) is 6.65. The molecule has 5 nitrogen and oxygen atoms in total. The Bertz CT molecular complexity index is 428. The second-order valence-electron chi connectivity index (χ2n) is 4.93. The van der Waals surface area contributed by atoms with Crippen LogP contribution in [0.1, 0.15) is 36.0 Å². The fraction of sp³-hybridized carbons (Fsp3) is 0.571. The van der Waals surface area contributed by atoms with Crippen molar-refractivity contribution < 1.29 is 14.6 Å². The van der Waals surface area contributed by atoms with Crippen LogP contribution in [0, 0.1) is 5.92 Å². The third kappa shape index (κ3) is 3.44. The van der Waals surface area contributed by atoms with Gasteiger partial charge in [0.05, 0.1) is 7.11 Å². The molecule has 0 radical (unpaired) electrons. The average molecular weight is 264 g/mol. The number of methoxy groups -OCH3 is 1. The lowest BCUT2D eigenvalue weighted by Gasteiger charge is -2.28. The van der Waals surface area contributed by atoms with E-state index in [2.05, 4.69) is 10.3 Å². The number of rotatable bonds is 4. The molecule has 2 N–H and O–H groups in total. The normalized spacial score (nSPS) is 22.8. The number of aromatic nitrogens is 1. The van der Waals surface area contributed by atoms with Crippen LogP contribution in [0.25, 0.3) is 0 Å². The summed E-state index contributed by atoms with van der Waals surface area (Å²) in [6, 6.07) is 3.61. The maximum absolute atomic E-state index is 12.2. The topological polar surface area (TPSA) is 71.5 Å². The molecule has 0 unspecified atom stereocenters. The fourth-order valence-electron chi connectivity index (χ4n) is 2.48. The number of pyridine rings is 1. The zero-order chi connectivity index (χ0) is 13.7. The monoisotopic (exact) mass is 264 g/mol. The molecule has 1 aromatic rings. The van der Waals surface area contributed by atoms with Gasteiger partial charge >= 0.3 is 0 Å². The molecule has 2 rings (SSSR count). The summed E-state index contributed by atoms with van der Waals surface area (Å²) in [5.41, 5.74) is 0.467. The van der Waals surface area contributed by atoms with Crippen LogP contribution in [0.4, 0.5) is 0 Å². The number of ether oxygens (including phenoxy) is 1. The van der Waals surface area contributed by atoms with E-state index in [9.17, 15) is 4.79 Å². The van der Waals surface area contributed by atoms with Gasteiger partial charge in [-0.25, -0.2) is 4.98 Å². The Morgan fingerprint density at radius 3 is 2.84 bits per heavy atom. The quantitative estimate of drug-likeness (QED) is 0.861. The van der Waals surface area contributed by atoms with Crippen LogP contribution in [0.3, 0.4) is 0 Å². The van der Waals surface area contributed by atoms with Gasteiger partial charge in [0, 0.05) is 18.8 Å². The summed E-state index contributed by atoms with van der Waals surface area (Å²) in [6.07, 6.45) is 5.36. The molecule has 0 spiro atoms. The van der Waals surface area contributed by atoms with E-state index in [1.54, 1.807) is 18.3 Å². The van der Waals surface area contributed by atoms with Gasteiger partial charge < -0.3 is 15.2 Å². The number of carbonyl (C=O) groups is 1. The van der Waals surface area contributed by atoms with Crippen molar-refractivity contribution in [3.63, 3.8) is 0 Å². The molecule has 1 heterocycles. The second-order valence-corrected chi connectivity index (χ2v) is 4.93. The van der Waals surface area contributed by atoms with Crippen LogP contribution in [0.5, 0.6) is 5.88 Å². The van der Waals surface area contributed by atoms with E-state index in [1.165, 1.54) is 7.11 Å². The van der Waals surface area contributed by atoms with Gasteiger partial charge in [-0.1, -0.05) is 0 Å². The molecule has 1 fully saturated rings. The van der Waals surface area contributed by atoms with E-state index in [0.29, 0.717) is 17.4 Å². The standard InChI is InChI=1S/C14H20N2O3/c1-19-14-12(3-2-8-15-14)13(18)16-11-6-4-10(9-17)5-7-11/h2-3,8,10-11,17H,4-7,9H2,1H3,(H,16,18). The highest BCUT2D eigenvalue weighted by molar-refractivity contribution is 5.96. The predicted molar refractivity (Wildman–Crippen MR) is 71.1 cm³/mol. The van der Waals surface area contributed by atoms with Gasteiger partial charge in [0.25, 0.3) is 5.91 Å². The largest absolute Gasteiger partial charge is 0.480 e. The highest BCUT2D eigenvalue weighted by Crippen LogP contribution is 2.24. The van der Waals surface area contributed by atoms with Crippen molar-refractivity contribution in [2.24, 2.45) is 5.92 Å². The maximum atomic E-state index is 12.2. The molecule has 19 heavy (non-hydrogen) atoms. The lowest BCUT2D eigenvalue weighted by Crippen LogP contribution is -2.38. The summed E-state index contributed by atoms with van der Waals surface area (Å²) in [4.78, 5) is 16.2. The molecular weight excluding hydrogens is 244 g/mol. The minimum absolute atomic E-state index is 0.141. The van der Waals surface area contributed by atoms with Crippen LogP contribution < -0.4 is 10.1 Å². The van der Waals surface area contributed by atoms with Gasteiger partial charge in [0.15, 0.2) is 0 Å². The summed E-state index contributed by atoms with van der Waals surface area (Å²) >= 11 is 0. The molecule has 0 bridgehead atoms. The maximum Gasteiger partial charge on any atom is 0.256 e. The Kier molecular flexibility index (Phi) is 4.74. The Labute approximate surface area is 113 Å². The van der Waals surface area contributed by atoms with Crippen molar-refractivity contribution >= 4 is 5.91 Å². The summed E-state index contributed by atoms with van der Waals surface area (Å²) in [5.74, 6) is 0.600. The van der Waals surface area contributed by atoms with E-state index in [0.717, 1.165) is 25.7 Å². The lowest BCUT2D eigenvalue weighted by molar-refractivity contribution is 0.0910. The molecule has 1 aliphatic carbocycles. The molecule has 1 aliphatic rings. The average Bonchev–Trinajstić information content (AvgIpc) is 2.48. The lowest BCUT2D eigenvalue weighted by atomic mass is 9.86. The van der Waals surface area contributed by atoms with Gasteiger partial charge in [-0.15, -0.1) is 0 Å². The van der Waals surface area contributed by atoms with Crippen molar-refractivity contribution in [2.45, 2.75) is 31.7 Å². The van der Waals surface area contributed by atoms with Crippen molar-refractivity contribution in [3.8, 4) is 5.88 Å². The van der Waals surface area contributed by atoms with Crippen molar-refractivity contribution in [1.29, 1.82) is 0 Å². The number of hydrogen-bond acceptors (Lipinski definition) is 4. The fourth-order valence-corrected chi connectivity index (χ4v) is 2.48. The summed E-state index contributed by atoms with van der Waals surface area (Å²) in [5, 5.41) is 12.1. The predicted octanol–water partition coefficient (Wildman–Crippen LogP) is 1.37. The molecule has 0 aliphatic heterocycles. The van der Waals surface area contributed by atoms with Crippen molar-refractivity contribution in [3.05, 3.63) is 23.9 Å². The van der Waals surface area contributed by atoms with Crippen LogP contribution in [-0.4, -0.2) is 35.8 Å². The first-order chi connectivity index (χ1) is 9.24. The number of amides is 1. The SMILES string of the molecule is COc1ncccc1C(=O)NC1CCC(CO)CC1. The summed E-state index contributed by atoms with van der Waals surface area (Å²) in [7, 11) is 1.51. The third-order valence-electron chi connectivity index (χ3n) is 3.65. The Hall–Kier alpha value is -1.62. The minimum atomic E-state index is -0.141. The van der Waals surface area contributed by atoms with Gasteiger partial charge in [-0.05, 0) is 43.7 Å². The number of nitrogens with one attached hydrogen (secondary N) is 1. The van der Waals surface area contributed by atoms with Gasteiger partial charge in [0.1, 0.15) is 5.56 Å². The highest BCUT2D eigenvalue weighted by atomic mass is 16.5. The van der Waals surface area contributed by atoms with Gasteiger partial charge in [-0.2, -0.15) is 0 Å². The zero-order valence-corrected chi connectivity index (χ0v) is 11.1. The second kappa shape index (κ2) is 6.52. The molecule has 0 aromatic carbocycles. The molecular formula is C14H20N2O3. The van der Waals surface area contributed by atoms with Crippen molar-refractivity contribution in [1.82, 2.24) is 10.3 Å². The molecule has 5 heteroatoms. The summed E-state index contributed by atoms with van der Waals surface area (Å²) < 4.78 is 5.09. The molecule has 104 valence electrons. The third-order valence-corrected chi connectivity index (χ3v) is 3.65. The zero-order valence-electron chi connectivity index (χ0n) is 11.1. The van der Waals surface area contributed by atoms with Crippen LogP contribution >= 0.6 is 0 Å². The van der Waals surface area contributed by atoms with Gasteiger partial charge in [-0.3, -0.25) is 4.79 Å². The molecule has 1 amide bonds. The van der Waals surface area contributed by atoms with E-state index in [4.69, 9.17) is 9.84 Å². The number of aliphatic hydroxyl groups is 1. The Morgan fingerprint density at radius 2 is 2.21 bits per heavy atom. The number of aliphatic hydroxyl groups excluding tert-OH is 1. The number of nitrogens with zero attached hydrogens (tertiary/aromatic N) is 1. The minimum Gasteiger partial charge on any atom is -0.480 e. The van der Waals surface area contributed by atoms with Crippen LogP contribution in [0.15, 0.2) is 18.3 Å². The van der Waals surface area contributed by atoms with Crippen molar-refractivity contribution in [2.75, 3.05) is 13.7 Å².